The highest BCUT2D eigenvalue weighted by Gasteiger charge is 2.40. The van der Waals surface area contributed by atoms with Crippen LogP contribution in [0.2, 0.25) is 0 Å². The van der Waals surface area contributed by atoms with Crippen LogP contribution in [-0.4, -0.2) is 42.4 Å². The number of fused-ring (bicyclic) bond motifs is 1. The molecule has 0 aliphatic heterocycles. The molecule has 4 aromatic carbocycles. The van der Waals surface area contributed by atoms with Crippen molar-refractivity contribution < 1.29 is 50.1 Å². The molecule has 50 heavy (non-hydrogen) atoms. The summed E-state index contributed by atoms with van der Waals surface area (Å²) >= 11 is 0. The van der Waals surface area contributed by atoms with Crippen LogP contribution in [0.4, 0.5) is 31.1 Å². The Kier molecular flexibility index (Phi) is 10.6. The van der Waals surface area contributed by atoms with Crippen molar-refractivity contribution in [2.75, 3.05) is 6.61 Å². The molecule has 262 valence electrons. The van der Waals surface area contributed by atoms with Crippen LogP contribution in [0.1, 0.15) is 29.2 Å². The number of urea groups is 1. The van der Waals surface area contributed by atoms with Crippen molar-refractivity contribution in [3.8, 4) is 11.5 Å². The van der Waals surface area contributed by atoms with E-state index >= 15 is 0 Å². The molecule has 0 bridgehead atoms. The van der Waals surface area contributed by atoms with E-state index in [0.717, 1.165) is 35.2 Å². The van der Waals surface area contributed by atoms with Gasteiger partial charge in [0.25, 0.3) is 0 Å². The minimum Gasteiger partial charge on any atom is -0.464 e. The van der Waals surface area contributed by atoms with Crippen LogP contribution >= 0.6 is 0 Å². The first kappa shape index (κ1) is 35.6. The monoisotopic (exact) mass is 699 g/mol. The average Bonchev–Trinajstić information content (AvgIpc) is 3.46. The maximum Gasteiger partial charge on any atom is 0.573 e. The zero-order chi connectivity index (χ0) is 35.9. The van der Waals surface area contributed by atoms with Crippen molar-refractivity contribution in [3.05, 3.63) is 132 Å². The highest BCUT2D eigenvalue weighted by Crippen LogP contribution is 2.38. The lowest BCUT2D eigenvalue weighted by atomic mass is 9.77. The number of benzene rings is 4. The van der Waals surface area contributed by atoms with Crippen LogP contribution in [-0.2, 0) is 27.9 Å². The van der Waals surface area contributed by atoms with E-state index in [9.17, 15) is 35.9 Å². The lowest BCUT2D eigenvalue weighted by Crippen LogP contribution is -2.55. The number of esters is 1. The van der Waals surface area contributed by atoms with E-state index in [1.165, 1.54) is 24.3 Å². The fourth-order valence-electron chi connectivity index (χ4n) is 5.72. The van der Waals surface area contributed by atoms with E-state index in [2.05, 4.69) is 25.1 Å². The summed E-state index contributed by atoms with van der Waals surface area (Å²) in [6.45, 7) is 1.60. The molecule has 5 rings (SSSR count). The Balaban J connectivity index is 1.61. The molecule has 1 heterocycles. The first-order chi connectivity index (χ1) is 23.7. The number of ether oxygens (including phenoxy) is 3. The van der Waals surface area contributed by atoms with Crippen LogP contribution < -0.4 is 20.1 Å². The summed E-state index contributed by atoms with van der Waals surface area (Å²) in [5.74, 6) is -2.04. The normalized spacial score (nSPS) is 12.6. The molecule has 14 heteroatoms. The molecule has 5 aromatic rings. The molecule has 1 atom stereocenters. The SMILES string of the molecule is CCOC(=O)[C@H](Cc1c[nH]c2ccccc12)NC(=O)NC(Cc1ccccc1)(c1cccc(OC(F)(F)F)c1)c1cccc(OC(F)(F)F)c1. The maximum absolute atomic E-state index is 14.1. The van der Waals surface area contributed by atoms with Gasteiger partial charge >= 0.3 is 24.7 Å². The first-order valence-corrected chi connectivity index (χ1v) is 15.3. The zero-order valence-electron chi connectivity index (χ0n) is 26.4. The summed E-state index contributed by atoms with van der Waals surface area (Å²) in [6, 6.07) is 23.0. The molecule has 8 nitrogen and oxygen atoms in total. The van der Waals surface area contributed by atoms with E-state index in [-0.39, 0.29) is 30.6 Å². The summed E-state index contributed by atoms with van der Waals surface area (Å²) in [4.78, 5) is 30.4. The lowest BCUT2D eigenvalue weighted by Gasteiger charge is -2.37. The van der Waals surface area contributed by atoms with E-state index in [0.29, 0.717) is 11.1 Å². The Morgan fingerprint density at radius 3 is 1.92 bits per heavy atom. The topological polar surface area (TPSA) is 102 Å². The molecule has 0 fully saturated rings. The van der Waals surface area contributed by atoms with Crippen molar-refractivity contribution in [2.45, 2.75) is 44.1 Å². The third-order valence-corrected chi connectivity index (χ3v) is 7.74. The van der Waals surface area contributed by atoms with Gasteiger partial charge in [0.15, 0.2) is 0 Å². The molecule has 0 radical (unpaired) electrons. The number of aromatic nitrogens is 1. The Bertz CT molecular complexity index is 1870. The van der Waals surface area contributed by atoms with Crippen molar-refractivity contribution in [1.29, 1.82) is 0 Å². The number of rotatable bonds is 12. The third kappa shape index (κ3) is 9.07. The number of H-pyrrole nitrogens is 1. The minimum atomic E-state index is -5.07. The fourth-order valence-corrected chi connectivity index (χ4v) is 5.72. The van der Waals surface area contributed by atoms with Gasteiger partial charge < -0.3 is 29.8 Å². The highest BCUT2D eigenvalue weighted by atomic mass is 19.4. The van der Waals surface area contributed by atoms with Crippen molar-refractivity contribution >= 4 is 22.9 Å². The first-order valence-electron chi connectivity index (χ1n) is 15.3. The number of hydrogen-bond acceptors (Lipinski definition) is 5. The molecule has 0 aliphatic rings. The Hall–Kier alpha value is -5.66. The van der Waals surface area contributed by atoms with Crippen LogP contribution in [0, 0.1) is 0 Å². The number of amides is 2. The van der Waals surface area contributed by atoms with Gasteiger partial charge in [0.2, 0.25) is 0 Å². The standard InChI is InChI=1S/C36H31F6N3O5/c1-2-48-32(46)31(18-24-22-43-30-17-7-6-16-29(24)30)44-33(47)45-34(21-23-10-4-3-5-11-23,25-12-8-14-27(19-25)49-35(37,38)39)26-13-9-15-28(20-26)50-36(40,41)42/h3-17,19-20,22,31,43H,2,18,21H2,1H3,(H2,44,45,47)/t31-/m0/s1. The van der Waals surface area contributed by atoms with E-state index in [1.54, 1.807) is 43.5 Å². The number of nitrogens with one attached hydrogen (secondary N) is 3. The number of carbonyl (C=O) groups excluding carboxylic acids is 2. The van der Waals surface area contributed by atoms with Gasteiger partial charge in [-0.25, -0.2) is 9.59 Å². The Labute approximate surface area is 282 Å². The second kappa shape index (κ2) is 14.8. The second-order valence-corrected chi connectivity index (χ2v) is 11.2. The molecule has 0 saturated heterocycles. The van der Waals surface area contributed by atoms with Crippen molar-refractivity contribution in [2.24, 2.45) is 0 Å². The van der Waals surface area contributed by atoms with Gasteiger partial charge in [0.1, 0.15) is 17.5 Å². The number of halogens is 6. The maximum atomic E-state index is 14.1. The van der Waals surface area contributed by atoms with Crippen LogP contribution in [0.3, 0.4) is 0 Å². The number of alkyl halides is 6. The molecule has 0 aliphatic carbocycles. The number of hydrogen-bond donors (Lipinski definition) is 3. The van der Waals surface area contributed by atoms with Gasteiger partial charge in [-0.2, -0.15) is 0 Å². The van der Waals surface area contributed by atoms with Crippen LogP contribution in [0.5, 0.6) is 11.5 Å². The summed E-state index contributed by atoms with van der Waals surface area (Å²) in [5.41, 5.74) is 0.208. The van der Waals surface area contributed by atoms with Gasteiger partial charge in [-0.3, -0.25) is 0 Å². The Morgan fingerprint density at radius 1 is 0.760 bits per heavy atom. The predicted molar refractivity (Wildman–Crippen MR) is 171 cm³/mol. The third-order valence-electron chi connectivity index (χ3n) is 7.74. The number of para-hydroxylation sites is 1. The molecule has 0 saturated carbocycles. The molecule has 2 amide bonds. The summed E-state index contributed by atoms with van der Waals surface area (Å²) < 4.78 is 93.5. The summed E-state index contributed by atoms with van der Waals surface area (Å²) in [6.07, 6.45) is -8.62. The molecular formula is C36H31F6N3O5. The smallest absolute Gasteiger partial charge is 0.464 e. The predicted octanol–water partition coefficient (Wildman–Crippen LogP) is 7.93. The van der Waals surface area contributed by atoms with Gasteiger partial charge in [0, 0.05) is 29.9 Å². The Morgan fingerprint density at radius 2 is 1.34 bits per heavy atom. The molecule has 1 aromatic heterocycles. The van der Waals surface area contributed by atoms with Gasteiger partial charge in [-0.05, 0) is 59.5 Å². The van der Waals surface area contributed by atoms with Gasteiger partial charge in [-0.15, -0.1) is 26.3 Å². The zero-order valence-corrected chi connectivity index (χ0v) is 26.4. The quantitative estimate of drug-likeness (QED) is 0.0908. The summed E-state index contributed by atoms with van der Waals surface area (Å²) in [5, 5.41) is 6.22. The summed E-state index contributed by atoms with van der Waals surface area (Å²) in [7, 11) is 0. The van der Waals surface area contributed by atoms with Crippen molar-refractivity contribution in [3.63, 3.8) is 0 Å². The lowest BCUT2D eigenvalue weighted by molar-refractivity contribution is -0.275. The van der Waals surface area contributed by atoms with E-state index in [4.69, 9.17) is 4.74 Å². The minimum absolute atomic E-state index is 0.00244. The van der Waals surface area contributed by atoms with E-state index in [1.807, 2.05) is 24.3 Å². The number of carbonyl (C=O) groups is 2. The molecule has 3 N–H and O–H groups in total. The van der Waals surface area contributed by atoms with Gasteiger partial charge in [0.05, 0.1) is 12.1 Å². The van der Waals surface area contributed by atoms with Crippen molar-refractivity contribution in [1.82, 2.24) is 15.6 Å². The van der Waals surface area contributed by atoms with Crippen LogP contribution in [0.15, 0.2) is 109 Å². The van der Waals surface area contributed by atoms with Gasteiger partial charge in [-0.1, -0.05) is 72.8 Å². The average molecular weight is 700 g/mol. The number of aromatic amines is 1. The molecule has 0 spiro atoms. The molecule has 0 unspecified atom stereocenters. The second-order valence-electron chi connectivity index (χ2n) is 11.2. The fraction of sp³-hybridized carbons (Fsp3) is 0.222. The highest BCUT2D eigenvalue weighted by molar-refractivity contribution is 5.87. The molecular weight excluding hydrogens is 668 g/mol. The van der Waals surface area contributed by atoms with Crippen LogP contribution in [0.25, 0.3) is 10.9 Å². The largest absolute Gasteiger partial charge is 0.573 e. The van der Waals surface area contributed by atoms with E-state index < -0.39 is 47.8 Å².